The number of rotatable bonds is 5. The largest absolute Gasteiger partial charge is 0.495 e. The highest BCUT2D eigenvalue weighted by molar-refractivity contribution is 7.91. The van der Waals surface area contributed by atoms with E-state index in [2.05, 4.69) is 0 Å². The molecule has 1 aliphatic rings. The molecule has 0 aromatic heterocycles. The van der Waals surface area contributed by atoms with Crippen LogP contribution >= 0.6 is 0 Å². The number of methoxy groups -OCH3 is 1. The predicted octanol–water partition coefficient (Wildman–Crippen LogP) is 2.75. The van der Waals surface area contributed by atoms with Crippen LogP contribution in [0, 0.1) is 5.92 Å². The van der Waals surface area contributed by atoms with Gasteiger partial charge in [-0.1, -0.05) is 19.3 Å². The number of hydrogen-bond acceptors (Lipinski definition) is 4. The summed E-state index contributed by atoms with van der Waals surface area (Å²) in [6, 6.07) is 3.94. The molecular formula is C15H20O5S. The van der Waals surface area contributed by atoms with Crippen LogP contribution in [0.3, 0.4) is 0 Å². The maximum absolute atomic E-state index is 12.6. The van der Waals surface area contributed by atoms with Crippen LogP contribution in [-0.4, -0.2) is 32.4 Å². The Morgan fingerprint density at radius 2 is 1.95 bits per heavy atom. The lowest BCUT2D eigenvalue weighted by Gasteiger charge is -2.21. The second kappa shape index (κ2) is 6.47. The third-order valence-corrected chi connectivity index (χ3v) is 5.82. The van der Waals surface area contributed by atoms with Crippen molar-refractivity contribution < 1.29 is 23.1 Å². The molecule has 2 rings (SSSR count). The molecule has 1 aliphatic carbocycles. The zero-order chi connectivity index (χ0) is 15.5. The minimum Gasteiger partial charge on any atom is -0.495 e. The summed E-state index contributed by atoms with van der Waals surface area (Å²) >= 11 is 0. The van der Waals surface area contributed by atoms with E-state index in [1.54, 1.807) is 0 Å². The number of carbonyl (C=O) groups is 1. The monoisotopic (exact) mass is 312 g/mol. The minimum atomic E-state index is -3.55. The zero-order valence-electron chi connectivity index (χ0n) is 12.0. The number of carboxylic acids is 1. The second-order valence-corrected chi connectivity index (χ2v) is 7.46. The fourth-order valence-corrected chi connectivity index (χ4v) is 4.70. The zero-order valence-corrected chi connectivity index (χ0v) is 12.9. The first-order valence-electron chi connectivity index (χ1n) is 7.08. The van der Waals surface area contributed by atoms with Gasteiger partial charge in [0.25, 0.3) is 0 Å². The smallest absolute Gasteiger partial charge is 0.335 e. The summed E-state index contributed by atoms with van der Waals surface area (Å²) < 4.78 is 30.2. The van der Waals surface area contributed by atoms with E-state index in [9.17, 15) is 13.2 Å². The van der Waals surface area contributed by atoms with Crippen molar-refractivity contribution in [1.82, 2.24) is 0 Å². The van der Waals surface area contributed by atoms with E-state index in [0.717, 1.165) is 32.1 Å². The van der Waals surface area contributed by atoms with Crippen molar-refractivity contribution in [3.63, 3.8) is 0 Å². The Bertz CT molecular complexity index is 615. The van der Waals surface area contributed by atoms with E-state index >= 15 is 0 Å². The van der Waals surface area contributed by atoms with Gasteiger partial charge in [0.05, 0.1) is 18.4 Å². The van der Waals surface area contributed by atoms with Crippen LogP contribution in [0.5, 0.6) is 5.75 Å². The first kappa shape index (κ1) is 15.8. The van der Waals surface area contributed by atoms with Crippen molar-refractivity contribution in [3.8, 4) is 5.75 Å². The number of aromatic carboxylic acids is 1. The molecular weight excluding hydrogens is 292 g/mol. The number of benzene rings is 1. The third-order valence-electron chi connectivity index (χ3n) is 3.93. The predicted molar refractivity (Wildman–Crippen MR) is 78.6 cm³/mol. The Morgan fingerprint density at radius 3 is 2.52 bits per heavy atom. The van der Waals surface area contributed by atoms with Crippen LogP contribution in [-0.2, 0) is 9.84 Å². The first-order chi connectivity index (χ1) is 9.94. The van der Waals surface area contributed by atoms with E-state index < -0.39 is 15.8 Å². The molecule has 0 aliphatic heterocycles. The average Bonchev–Trinajstić information content (AvgIpc) is 2.47. The van der Waals surface area contributed by atoms with Gasteiger partial charge in [-0.2, -0.15) is 0 Å². The lowest BCUT2D eigenvalue weighted by Crippen LogP contribution is -2.19. The van der Waals surface area contributed by atoms with Gasteiger partial charge in [0.1, 0.15) is 10.6 Å². The molecule has 1 aromatic carbocycles. The molecule has 1 aromatic rings. The van der Waals surface area contributed by atoms with E-state index in [4.69, 9.17) is 9.84 Å². The highest BCUT2D eigenvalue weighted by Gasteiger charge is 2.26. The lowest BCUT2D eigenvalue weighted by atomic mass is 9.91. The molecule has 116 valence electrons. The van der Waals surface area contributed by atoms with Gasteiger partial charge in [0, 0.05) is 0 Å². The van der Waals surface area contributed by atoms with Crippen LogP contribution in [0.2, 0.25) is 0 Å². The molecule has 0 radical (unpaired) electrons. The summed E-state index contributed by atoms with van der Waals surface area (Å²) in [7, 11) is -2.16. The Kier molecular flexibility index (Phi) is 4.88. The fourth-order valence-electron chi connectivity index (χ4n) is 2.81. The number of sulfone groups is 1. The van der Waals surface area contributed by atoms with Crippen molar-refractivity contribution in [2.75, 3.05) is 12.9 Å². The van der Waals surface area contributed by atoms with E-state index in [0.29, 0.717) is 0 Å². The molecule has 0 amide bonds. The Morgan fingerprint density at radius 1 is 1.29 bits per heavy atom. The van der Waals surface area contributed by atoms with Gasteiger partial charge in [-0.3, -0.25) is 0 Å². The van der Waals surface area contributed by atoms with Gasteiger partial charge in [0.15, 0.2) is 9.84 Å². The molecule has 5 nitrogen and oxygen atoms in total. The first-order valence-corrected chi connectivity index (χ1v) is 8.73. The van der Waals surface area contributed by atoms with Crippen LogP contribution in [0.15, 0.2) is 23.1 Å². The molecule has 0 saturated heterocycles. The molecule has 0 heterocycles. The van der Waals surface area contributed by atoms with E-state index in [1.165, 1.54) is 25.3 Å². The molecule has 0 unspecified atom stereocenters. The van der Waals surface area contributed by atoms with Gasteiger partial charge >= 0.3 is 5.97 Å². The maximum atomic E-state index is 12.6. The average molecular weight is 312 g/mol. The van der Waals surface area contributed by atoms with Crippen LogP contribution in [0.4, 0.5) is 0 Å². The maximum Gasteiger partial charge on any atom is 0.335 e. The summed E-state index contributed by atoms with van der Waals surface area (Å²) in [5.74, 6) is -0.726. The van der Waals surface area contributed by atoms with Crippen LogP contribution in [0.25, 0.3) is 0 Å². The van der Waals surface area contributed by atoms with Gasteiger partial charge in [-0.15, -0.1) is 0 Å². The van der Waals surface area contributed by atoms with Crippen molar-refractivity contribution in [2.45, 2.75) is 37.0 Å². The summed E-state index contributed by atoms with van der Waals surface area (Å²) in [5.41, 5.74) is -0.0435. The van der Waals surface area contributed by atoms with Gasteiger partial charge in [-0.05, 0) is 37.0 Å². The lowest BCUT2D eigenvalue weighted by molar-refractivity contribution is 0.0696. The van der Waals surface area contributed by atoms with Crippen LogP contribution < -0.4 is 4.74 Å². The SMILES string of the molecule is COc1ccc(C(=O)O)cc1S(=O)(=O)CC1CCCCC1. The van der Waals surface area contributed by atoms with Crippen LogP contribution in [0.1, 0.15) is 42.5 Å². The second-order valence-electron chi connectivity index (χ2n) is 5.46. The molecule has 1 N–H and O–H groups in total. The number of carboxylic acid groups (broad SMARTS) is 1. The van der Waals surface area contributed by atoms with Gasteiger partial charge in [0.2, 0.25) is 0 Å². The van der Waals surface area contributed by atoms with Crippen molar-refractivity contribution in [2.24, 2.45) is 5.92 Å². The summed E-state index contributed by atoms with van der Waals surface area (Å²) in [6.07, 6.45) is 5.12. The quantitative estimate of drug-likeness (QED) is 0.904. The molecule has 1 fully saturated rings. The Labute approximate surface area is 124 Å². The molecule has 1 saturated carbocycles. The molecule has 6 heteroatoms. The highest BCUT2D eigenvalue weighted by atomic mass is 32.2. The Hall–Kier alpha value is -1.56. The molecule has 21 heavy (non-hydrogen) atoms. The molecule has 0 bridgehead atoms. The molecule has 0 spiro atoms. The topological polar surface area (TPSA) is 80.7 Å². The van der Waals surface area contributed by atoms with Crippen molar-refractivity contribution in [1.29, 1.82) is 0 Å². The number of ether oxygens (including phenoxy) is 1. The normalized spacial score (nSPS) is 16.6. The highest BCUT2D eigenvalue weighted by Crippen LogP contribution is 2.31. The minimum absolute atomic E-state index is 0.0181. The fraction of sp³-hybridized carbons (Fsp3) is 0.533. The van der Waals surface area contributed by atoms with Crippen molar-refractivity contribution in [3.05, 3.63) is 23.8 Å². The summed E-state index contributed by atoms with van der Waals surface area (Å²) in [6.45, 7) is 0. The van der Waals surface area contributed by atoms with Gasteiger partial charge < -0.3 is 9.84 Å². The molecule has 0 atom stereocenters. The standard InChI is InChI=1S/C15H20O5S/c1-20-13-8-7-12(15(16)17)9-14(13)21(18,19)10-11-5-3-2-4-6-11/h7-9,11H,2-6,10H2,1H3,(H,16,17). The summed E-state index contributed by atoms with van der Waals surface area (Å²) in [4.78, 5) is 11.0. The Balaban J connectivity index is 2.32. The third kappa shape index (κ3) is 3.75. The van der Waals surface area contributed by atoms with E-state index in [-0.39, 0.29) is 27.9 Å². The summed E-state index contributed by atoms with van der Waals surface area (Å²) in [5, 5.41) is 9.02. The van der Waals surface area contributed by atoms with E-state index in [1.807, 2.05) is 0 Å². The number of hydrogen-bond donors (Lipinski definition) is 1. The van der Waals surface area contributed by atoms with Crippen molar-refractivity contribution >= 4 is 15.8 Å². The van der Waals surface area contributed by atoms with Gasteiger partial charge in [-0.25, -0.2) is 13.2 Å².